The van der Waals surface area contributed by atoms with Crippen LogP contribution >= 0.6 is 0 Å². The molecule has 3 aromatic rings. The van der Waals surface area contributed by atoms with Crippen LogP contribution in [0.3, 0.4) is 0 Å². The van der Waals surface area contributed by atoms with Crippen LogP contribution in [0.1, 0.15) is 36.2 Å². The van der Waals surface area contributed by atoms with Crippen molar-refractivity contribution >= 4 is 16.8 Å². The Morgan fingerprint density at radius 1 is 1.13 bits per heavy atom. The lowest BCUT2D eigenvalue weighted by molar-refractivity contribution is -0.123. The third-order valence-corrected chi connectivity index (χ3v) is 5.95. The molecule has 0 radical (unpaired) electrons. The molecule has 1 saturated heterocycles. The lowest BCUT2D eigenvalue weighted by Gasteiger charge is -2.34. The quantitative estimate of drug-likeness (QED) is 0.627. The van der Waals surface area contributed by atoms with E-state index in [4.69, 9.17) is 5.11 Å². The molecule has 1 aliphatic heterocycles. The number of aliphatic hydroxyl groups excluding tert-OH is 1. The molecule has 0 bridgehead atoms. The van der Waals surface area contributed by atoms with Crippen molar-refractivity contribution in [1.82, 2.24) is 14.8 Å². The zero-order valence-electron chi connectivity index (χ0n) is 17.0. The van der Waals surface area contributed by atoms with Crippen molar-refractivity contribution in [2.75, 3.05) is 26.2 Å². The van der Waals surface area contributed by atoms with Crippen molar-refractivity contribution in [3.8, 4) is 0 Å². The lowest BCUT2D eigenvalue weighted by Crippen LogP contribution is -2.36. The second-order valence-corrected chi connectivity index (χ2v) is 7.96. The van der Waals surface area contributed by atoms with E-state index in [9.17, 15) is 9.18 Å². The van der Waals surface area contributed by atoms with E-state index < -0.39 is 12.8 Å². The second kappa shape index (κ2) is 9.41. The molecule has 30 heavy (non-hydrogen) atoms. The molecule has 158 valence electrons. The highest BCUT2D eigenvalue weighted by Gasteiger charge is 2.24. The number of hydrogen-bond donors (Lipinski definition) is 2. The maximum Gasteiger partial charge on any atom is 0.245 e. The molecule has 2 N–H and O–H groups in total. The van der Waals surface area contributed by atoms with Gasteiger partial charge in [-0.25, -0.2) is 4.39 Å². The molecule has 1 amide bonds. The highest BCUT2D eigenvalue weighted by molar-refractivity contribution is 5.81. The Bertz CT molecular complexity index is 981. The van der Waals surface area contributed by atoms with Gasteiger partial charge < -0.3 is 15.0 Å². The van der Waals surface area contributed by atoms with Gasteiger partial charge in [-0.15, -0.1) is 0 Å². The van der Waals surface area contributed by atoms with Crippen molar-refractivity contribution in [1.29, 1.82) is 0 Å². The van der Waals surface area contributed by atoms with Crippen LogP contribution in [0.5, 0.6) is 0 Å². The fourth-order valence-electron chi connectivity index (χ4n) is 4.25. The number of aromatic nitrogens is 1. The van der Waals surface area contributed by atoms with Crippen molar-refractivity contribution in [3.63, 3.8) is 0 Å². The summed E-state index contributed by atoms with van der Waals surface area (Å²) in [6.45, 7) is 2.10. The van der Waals surface area contributed by atoms with Crippen LogP contribution in [0, 0.1) is 0 Å². The summed E-state index contributed by atoms with van der Waals surface area (Å²) in [6, 6.07) is 18.0. The number of piperidine rings is 1. The van der Waals surface area contributed by atoms with E-state index >= 15 is 0 Å². The molecule has 1 aromatic heterocycles. The van der Waals surface area contributed by atoms with E-state index in [1.54, 1.807) is 0 Å². The number of carbonyl (C=O) groups is 1. The van der Waals surface area contributed by atoms with Crippen molar-refractivity contribution < 1.29 is 14.3 Å². The van der Waals surface area contributed by atoms with Gasteiger partial charge in [-0.3, -0.25) is 9.69 Å². The minimum absolute atomic E-state index is 0.375. The van der Waals surface area contributed by atoms with Gasteiger partial charge in [-0.05, 0) is 41.5 Å². The molecule has 1 atom stereocenters. The summed E-state index contributed by atoms with van der Waals surface area (Å²) >= 11 is 0. The molecule has 6 heteroatoms. The standard InChI is InChI=1S/C24H28FN3O2/c25-22(19-4-2-1-3-5-19)16-27-11-9-21(10-12-27)28-13-8-20-7-6-18(14-23(20)28)15-26-24(30)17-29/h1-8,13-14,21-22,29H,9-12,15-17H2,(H,26,30). The first-order valence-corrected chi connectivity index (χ1v) is 10.5. The van der Waals surface area contributed by atoms with Crippen LogP contribution in [0.4, 0.5) is 4.39 Å². The first-order chi connectivity index (χ1) is 14.6. The normalized spacial score (nSPS) is 16.6. The topological polar surface area (TPSA) is 57.5 Å². The van der Waals surface area contributed by atoms with Crippen LogP contribution in [0.2, 0.25) is 0 Å². The van der Waals surface area contributed by atoms with Gasteiger partial charge in [-0.2, -0.15) is 0 Å². The number of carbonyl (C=O) groups excluding carboxylic acids is 1. The highest BCUT2D eigenvalue weighted by atomic mass is 19.1. The summed E-state index contributed by atoms with van der Waals surface area (Å²) in [4.78, 5) is 13.5. The van der Waals surface area contributed by atoms with Gasteiger partial charge in [-0.1, -0.05) is 42.5 Å². The number of fused-ring (bicyclic) bond motifs is 1. The fourth-order valence-corrected chi connectivity index (χ4v) is 4.25. The maximum absolute atomic E-state index is 14.6. The first-order valence-electron chi connectivity index (χ1n) is 10.5. The molecule has 2 aromatic carbocycles. The van der Waals surface area contributed by atoms with E-state index in [1.807, 2.05) is 36.4 Å². The fraction of sp³-hybridized carbons (Fsp3) is 0.375. The predicted molar refractivity (Wildman–Crippen MR) is 116 cm³/mol. The van der Waals surface area contributed by atoms with E-state index in [1.165, 1.54) is 5.39 Å². The van der Waals surface area contributed by atoms with Gasteiger partial charge in [0.2, 0.25) is 5.91 Å². The molecule has 1 fully saturated rings. The van der Waals surface area contributed by atoms with Crippen LogP contribution in [-0.4, -0.2) is 46.7 Å². The smallest absolute Gasteiger partial charge is 0.245 e. The van der Waals surface area contributed by atoms with Crippen molar-refractivity contribution in [3.05, 3.63) is 71.9 Å². The Morgan fingerprint density at radius 3 is 2.63 bits per heavy atom. The number of benzene rings is 2. The lowest BCUT2D eigenvalue weighted by atomic mass is 10.0. The van der Waals surface area contributed by atoms with Gasteiger partial charge in [0.15, 0.2) is 0 Å². The average Bonchev–Trinajstić information content (AvgIpc) is 3.21. The average molecular weight is 410 g/mol. The molecular formula is C24H28FN3O2. The number of halogens is 1. The Balaban J connectivity index is 1.38. The molecular weight excluding hydrogens is 381 g/mol. The Morgan fingerprint density at radius 2 is 1.90 bits per heavy atom. The summed E-state index contributed by atoms with van der Waals surface area (Å²) in [5.41, 5.74) is 2.90. The summed E-state index contributed by atoms with van der Waals surface area (Å²) < 4.78 is 16.9. The van der Waals surface area contributed by atoms with E-state index in [2.05, 4.69) is 39.2 Å². The van der Waals surface area contributed by atoms with Crippen molar-refractivity contribution in [2.45, 2.75) is 31.6 Å². The van der Waals surface area contributed by atoms with Gasteiger partial charge in [0.1, 0.15) is 12.8 Å². The minimum Gasteiger partial charge on any atom is -0.387 e. The molecule has 1 aliphatic rings. The zero-order valence-corrected chi connectivity index (χ0v) is 17.0. The summed E-state index contributed by atoms with van der Waals surface area (Å²) in [5.74, 6) is -0.375. The maximum atomic E-state index is 14.6. The summed E-state index contributed by atoms with van der Waals surface area (Å²) in [7, 11) is 0. The predicted octanol–water partition coefficient (Wildman–Crippen LogP) is 3.60. The third-order valence-electron chi connectivity index (χ3n) is 5.95. The van der Waals surface area contributed by atoms with E-state index in [0.717, 1.165) is 42.6 Å². The van der Waals surface area contributed by atoms with Crippen molar-refractivity contribution in [2.24, 2.45) is 0 Å². The highest BCUT2D eigenvalue weighted by Crippen LogP contribution is 2.29. The SMILES string of the molecule is O=C(CO)NCc1ccc2ccn(C3CCN(CC(F)c4ccccc4)CC3)c2c1. The van der Waals surface area contributed by atoms with E-state index in [-0.39, 0.29) is 5.91 Å². The van der Waals surface area contributed by atoms with Gasteiger partial charge in [0.25, 0.3) is 0 Å². The summed E-state index contributed by atoms with van der Waals surface area (Å²) in [6.07, 6.45) is 3.14. The number of alkyl halides is 1. The third kappa shape index (κ3) is 4.71. The van der Waals surface area contributed by atoms with E-state index in [0.29, 0.717) is 19.1 Å². The van der Waals surface area contributed by atoms with Crippen LogP contribution in [-0.2, 0) is 11.3 Å². The summed E-state index contributed by atoms with van der Waals surface area (Å²) in [5, 5.41) is 12.7. The number of hydrogen-bond acceptors (Lipinski definition) is 3. The number of nitrogens with one attached hydrogen (secondary N) is 1. The monoisotopic (exact) mass is 409 g/mol. The number of nitrogens with zero attached hydrogens (tertiary/aromatic N) is 2. The second-order valence-electron chi connectivity index (χ2n) is 7.96. The molecule has 5 nitrogen and oxygen atoms in total. The van der Waals surface area contributed by atoms with Gasteiger partial charge in [0, 0.05) is 43.9 Å². The molecule has 0 aliphatic carbocycles. The molecule has 4 rings (SSSR count). The molecule has 1 unspecified atom stereocenters. The Labute approximate surface area is 176 Å². The molecule has 0 saturated carbocycles. The largest absolute Gasteiger partial charge is 0.387 e. The molecule has 2 heterocycles. The first kappa shape index (κ1) is 20.6. The van der Waals surface area contributed by atoms with Crippen LogP contribution < -0.4 is 5.32 Å². The van der Waals surface area contributed by atoms with Crippen LogP contribution in [0.15, 0.2) is 60.8 Å². The molecule has 0 spiro atoms. The van der Waals surface area contributed by atoms with Crippen LogP contribution in [0.25, 0.3) is 10.9 Å². The van der Waals surface area contributed by atoms with Gasteiger partial charge in [0.05, 0.1) is 0 Å². The number of aliphatic hydroxyl groups is 1. The number of amides is 1. The van der Waals surface area contributed by atoms with Gasteiger partial charge >= 0.3 is 0 Å². The zero-order chi connectivity index (χ0) is 20.9. The Kier molecular flexibility index (Phi) is 6.45. The number of likely N-dealkylation sites (tertiary alicyclic amines) is 1. The Hall–Kier alpha value is -2.70. The minimum atomic E-state index is -0.952. The number of rotatable bonds is 7.